The molecular formula is C20H17N3O2. The Labute approximate surface area is 145 Å². The molecule has 2 amide bonds. The highest BCUT2D eigenvalue weighted by Crippen LogP contribution is 2.33. The van der Waals surface area contributed by atoms with Gasteiger partial charge in [-0.3, -0.25) is 14.6 Å². The highest BCUT2D eigenvalue weighted by atomic mass is 16.2. The molecule has 2 aromatic carbocycles. The van der Waals surface area contributed by atoms with Gasteiger partial charge in [0.15, 0.2) is 0 Å². The van der Waals surface area contributed by atoms with E-state index >= 15 is 0 Å². The zero-order chi connectivity index (χ0) is 17.4. The van der Waals surface area contributed by atoms with Gasteiger partial charge in [0.25, 0.3) is 0 Å². The summed E-state index contributed by atoms with van der Waals surface area (Å²) >= 11 is 0. The van der Waals surface area contributed by atoms with Crippen LogP contribution in [-0.4, -0.2) is 16.8 Å². The first-order valence-electron chi connectivity index (χ1n) is 8.17. The summed E-state index contributed by atoms with van der Waals surface area (Å²) in [5.41, 5.74) is 4.17. The number of pyridine rings is 1. The van der Waals surface area contributed by atoms with Crippen molar-refractivity contribution in [2.24, 2.45) is 0 Å². The van der Waals surface area contributed by atoms with E-state index in [1.807, 2.05) is 55.5 Å². The number of hydrogen-bond donors (Lipinski definition) is 2. The van der Waals surface area contributed by atoms with E-state index in [-0.39, 0.29) is 18.2 Å². The van der Waals surface area contributed by atoms with E-state index in [0.29, 0.717) is 11.4 Å². The zero-order valence-electron chi connectivity index (χ0n) is 13.7. The van der Waals surface area contributed by atoms with E-state index in [2.05, 4.69) is 15.6 Å². The van der Waals surface area contributed by atoms with Crippen LogP contribution in [0.15, 0.2) is 54.7 Å². The molecule has 5 heteroatoms. The summed E-state index contributed by atoms with van der Waals surface area (Å²) in [6, 6.07) is 15.0. The van der Waals surface area contributed by atoms with Crippen LogP contribution in [0.4, 0.5) is 11.4 Å². The largest absolute Gasteiger partial charge is 0.326 e. The van der Waals surface area contributed by atoms with Gasteiger partial charge in [0.05, 0.1) is 17.1 Å². The molecule has 4 rings (SSSR count). The van der Waals surface area contributed by atoms with Crippen LogP contribution in [0.3, 0.4) is 0 Å². The topological polar surface area (TPSA) is 71.1 Å². The van der Waals surface area contributed by atoms with Gasteiger partial charge in [-0.25, -0.2) is 0 Å². The molecule has 0 saturated carbocycles. The van der Waals surface area contributed by atoms with Crippen molar-refractivity contribution in [1.82, 2.24) is 4.98 Å². The summed E-state index contributed by atoms with van der Waals surface area (Å²) < 4.78 is 0. The number of nitrogens with zero attached hydrogens (tertiary/aromatic N) is 1. The number of rotatable bonds is 2. The number of anilines is 2. The quantitative estimate of drug-likeness (QED) is 0.753. The fourth-order valence-electron chi connectivity index (χ4n) is 3.29. The second-order valence-electron chi connectivity index (χ2n) is 6.21. The van der Waals surface area contributed by atoms with Crippen LogP contribution in [0.2, 0.25) is 0 Å². The molecule has 0 saturated heterocycles. The van der Waals surface area contributed by atoms with Crippen molar-refractivity contribution in [2.75, 3.05) is 10.6 Å². The van der Waals surface area contributed by atoms with Crippen LogP contribution in [0, 0.1) is 6.92 Å². The number of para-hydroxylation sites is 1. The highest BCUT2D eigenvalue weighted by Gasteiger charge is 2.30. The van der Waals surface area contributed by atoms with Gasteiger partial charge in [0, 0.05) is 23.7 Å². The predicted octanol–water partition coefficient (Wildman–Crippen LogP) is 3.61. The van der Waals surface area contributed by atoms with E-state index in [1.165, 1.54) is 0 Å². The van der Waals surface area contributed by atoms with E-state index in [0.717, 1.165) is 22.0 Å². The van der Waals surface area contributed by atoms with Gasteiger partial charge in [0.2, 0.25) is 11.8 Å². The summed E-state index contributed by atoms with van der Waals surface area (Å²) in [6.07, 6.45) is 1.88. The van der Waals surface area contributed by atoms with Gasteiger partial charge in [-0.15, -0.1) is 0 Å². The van der Waals surface area contributed by atoms with Crippen LogP contribution in [0.25, 0.3) is 10.9 Å². The number of carbonyl (C=O) groups excluding carboxylic acids is 2. The average Bonchev–Trinajstić information content (AvgIpc) is 2.63. The Morgan fingerprint density at radius 2 is 2.00 bits per heavy atom. The number of nitrogens with one attached hydrogen (secondary N) is 2. The van der Waals surface area contributed by atoms with Crippen LogP contribution < -0.4 is 10.6 Å². The molecule has 0 aliphatic carbocycles. The Hall–Kier alpha value is -3.21. The fraction of sp³-hybridized carbons (Fsp3) is 0.150. The maximum absolute atomic E-state index is 12.9. The van der Waals surface area contributed by atoms with E-state index in [1.54, 1.807) is 6.20 Å². The highest BCUT2D eigenvalue weighted by molar-refractivity contribution is 6.08. The summed E-state index contributed by atoms with van der Waals surface area (Å²) in [6.45, 7) is 1.99. The van der Waals surface area contributed by atoms with Crippen molar-refractivity contribution in [1.29, 1.82) is 0 Å². The van der Waals surface area contributed by atoms with Crippen LogP contribution >= 0.6 is 0 Å². The van der Waals surface area contributed by atoms with Crippen molar-refractivity contribution in [3.8, 4) is 0 Å². The lowest BCUT2D eigenvalue weighted by molar-refractivity contribution is -0.123. The molecular weight excluding hydrogens is 314 g/mol. The molecule has 2 N–H and O–H groups in total. The molecule has 0 radical (unpaired) electrons. The Kier molecular flexibility index (Phi) is 3.69. The Bertz CT molecular complexity index is 997. The van der Waals surface area contributed by atoms with Gasteiger partial charge in [0.1, 0.15) is 0 Å². The predicted molar refractivity (Wildman–Crippen MR) is 97.5 cm³/mol. The second-order valence-corrected chi connectivity index (χ2v) is 6.21. The minimum atomic E-state index is -0.502. The van der Waals surface area contributed by atoms with Crippen molar-refractivity contribution < 1.29 is 9.59 Å². The molecule has 5 nitrogen and oxygen atoms in total. The van der Waals surface area contributed by atoms with Crippen LogP contribution in [-0.2, 0) is 9.59 Å². The third-order valence-corrected chi connectivity index (χ3v) is 4.55. The van der Waals surface area contributed by atoms with E-state index in [4.69, 9.17) is 0 Å². The minimum Gasteiger partial charge on any atom is -0.326 e. The van der Waals surface area contributed by atoms with Gasteiger partial charge in [-0.2, -0.15) is 0 Å². The number of amides is 2. The second kappa shape index (κ2) is 6.02. The fourth-order valence-corrected chi connectivity index (χ4v) is 3.29. The summed E-state index contributed by atoms with van der Waals surface area (Å²) in [4.78, 5) is 29.2. The monoisotopic (exact) mass is 331 g/mol. The molecule has 1 aliphatic heterocycles. The van der Waals surface area contributed by atoms with Crippen LogP contribution in [0.1, 0.15) is 23.5 Å². The number of benzene rings is 2. The minimum absolute atomic E-state index is 0.144. The lowest BCUT2D eigenvalue weighted by atomic mass is 9.89. The molecule has 124 valence electrons. The molecule has 2 heterocycles. The number of fused-ring (bicyclic) bond motifs is 2. The maximum Gasteiger partial charge on any atom is 0.232 e. The van der Waals surface area contributed by atoms with Gasteiger partial charge < -0.3 is 10.6 Å². The Morgan fingerprint density at radius 1 is 1.16 bits per heavy atom. The molecule has 25 heavy (non-hydrogen) atoms. The molecule has 1 unspecified atom stereocenters. The number of aryl methyl sites for hydroxylation is 1. The van der Waals surface area contributed by atoms with Gasteiger partial charge in [-0.05, 0) is 42.3 Å². The number of carbonyl (C=O) groups is 2. The van der Waals surface area contributed by atoms with Crippen LogP contribution in [0.5, 0.6) is 0 Å². The average molecular weight is 331 g/mol. The van der Waals surface area contributed by atoms with Gasteiger partial charge in [-0.1, -0.05) is 24.3 Å². The zero-order valence-corrected chi connectivity index (χ0v) is 13.7. The molecule has 0 fully saturated rings. The summed E-state index contributed by atoms with van der Waals surface area (Å²) in [7, 11) is 0. The summed E-state index contributed by atoms with van der Waals surface area (Å²) in [5.74, 6) is -0.830. The molecule has 1 aliphatic rings. The maximum atomic E-state index is 12.9. The van der Waals surface area contributed by atoms with E-state index < -0.39 is 5.92 Å². The smallest absolute Gasteiger partial charge is 0.232 e. The first-order chi connectivity index (χ1) is 12.1. The third kappa shape index (κ3) is 2.74. The molecule has 0 bridgehead atoms. The number of aromatic nitrogens is 1. The lowest BCUT2D eigenvalue weighted by Crippen LogP contribution is -2.30. The number of hydrogen-bond acceptors (Lipinski definition) is 3. The standard InChI is InChI=1S/C20H17N3O2/c1-12-8-9-17(14-6-4-10-21-19(12)14)23-20(25)15-11-18(24)22-16-7-3-2-5-13(15)16/h2-10,15H,11H2,1H3,(H,22,24)(H,23,25). The SMILES string of the molecule is Cc1ccc(NC(=O)C2CC(=O)Nc3ccccc32)c2cccnc12. The lowest BCUT2D eigenvalue weighted by Gasteiger charge is -2.25. The third-order valence-electron chi connectivity index (χ3n) is 4.55. The molecule has 3 aromatic rings. The van der Waals surface area contributed by atoms with E-state index in [9.17, 15) is 9.59 Å². The van der Waals surface area contributed by atoms with Crippen molar-refractivity contribution in [3.05, 3.63) is 65.9 Å². The Balaban J connectivity index is 1.70. The first kappa shape index (κ1) is 15.3. The molecule has 1 aromatic heterocycles. The van der Waals surface area contributed by atoms with Crippen molar-refractivity contribution >= 4 is 34.1 Å². The Morgan fingerprint density at radius 3 is 2.88 bits per heavy atom. The normalized spacial score (nSPS) is 16.2. The van der Waals surface area contributed by atoms with Crippen molar-refractivity contribution in [2.45, 2.75) is 19.3 Å². The van der Waals surface area contributed by atoms with Crippen molar-refractivity contribution in [3.63, 3.8) is 0 Å². The molecule has 1 atom stereocenters. The summed E-state index contributed by atoms with van der Waals surface area (Å²) in [5, 5.41) is 6.69. The molecule has 0 spiro atoms. The first-order valence-corrected chi connectivity index (χ1v) is 8.17. The van der Waals surface area contributed by atoms with Gasteiger partial charge >= 0.3 is 0 Å².